The van der Waals surface area contributed by atoms with Crippen molar-refractivity contribution < 1.29 is 9.53 Å². The Morgan fingerprint density at radius 3 is 2.68 bits per heavy atom. The zero-order valence-corrected chi connectivity index (χ0v) is 21.6. The van der Waals surface area contributed by atoms with Crippen LogP contribution in [0.4, 0.5) is 5.95 Å². The number of imidazole rings is 1. The van der Waals surface area contributed by atoms with Crippen molar-refractivity contribution in [2.45, 2.75) is 45.4 Å². The van der Waals surface area contributed by atoms with Crippen LogP contribution in [0.1, 0.15) is 50.0 Å². The predicted octanol–water partition coefficient (Wildman–Crippen LogP) is 4.84. The zero-order valence-electron chi connectivity index (χ0n) is 21.6. The maximum atomic E-state index is 13.5. The number of benzene rings is 2. The van der Waals surface area contributed by atoms with Crippen molar-refractivity contribution in [1.29, 1.82) is 0 Å². The Balaban J connectivity index is 1.11. The van der Waals surface area contributed by atoms with Crippen LogP contribution in [0.15, 0.2) is 42.5 Å². The van der Waals surface area contributed by atoms with Gasteiger partial charge in [-0.25, -0.2) is 15.0 Å². The molecular formula is C29H34N6O2. The fraction of sp³-hybridized carbons (Fsp3) is 0.448. The summed E-state index contributed by atoms with van der Waals surface area (Å²) in [5.74, 6) is 3.23. The first-order valence-corrected chi connectivity index (χ1v) is 13.5. The summed E-state index contributed by atoms with van der Waals surface area (Å²) < 4.78 is 5.65. The van der Waals surface area contributed by atoms with Gasteiger partial charge in [0.05, 0.1) is 34.8 Å². The summed E-state index contributed by atoms with van der Waals surface area (Å²) in [6.07, 6.45) is 3.77. The lowest BCUT2D eigenvalue weighted by molar-refractivity contribution is -0.136. The second-order valence-electron chi connectivity index (χ2n) is 10.2. The van der Waals surface area contributed by atoms with E-state index in [0.29, 0.717) is 19.1 Å². The number of fused-ring (bicyclic) bond motifs is 2. The molecular weight excluding hydrogens is 464 g/mol. The molecule has 0 unspecified atom stereocenters. The van der Waals surface area contributed by atoms with Crippen molar-refractivity contribution in [2.24, 2.45) is 5.92 Å². The van der Waals surface area contributed by atoms with E-state index in [1.807, 2.05) is 50.2 Å². The standard InChI is InChI=1S/C29H34N6O2/c1-3-37-22-10-11-24-23(17-22)19(2)30-29(33-24)35-14-6-7-21(18-35)28(36)34-15-12-20(13-16-34)27-31-25-8-4-5-9-26(25)32-27/h4-5,8-11,17,20-21H,3,6-7,12-16,18H2,1-2H3,(H,31,32)/t21-/m1/s1. The van der Waals surface area contributed by atoms with Gasteiger partial charge < -0.3 is 19.5 Å². The summed E-state index contributed by atoms with van der Waals surface area (Å²) in [5.41, 5.74) is 3.94. The minimum atomic E-state index is -0.0172. The molecule has 0 aliphatic carbocycles. The molecule has 0 saturated carbocycles. The maximum Gasteiger partial charge on any atom is 0.227 e. The lowest BCUT2D eigenvalue weighted by Gasteiger charge is -2.37. The van der Waals surface area contributed by atoms with E-state index in [-0.39, 0.29) is 11.8 Å². The third kappa shape index (κ3) is 4.72. The normalized spacial score (nSPS) is 19.0. The van der Waals surface area contributed by atoms with E-state index in [1.165, 1.54) is 0 Å². The van der Waals surface area contributed by atoms with Gasteiger partial charge >= 0.3 is 0 Å². The maximum absolute atomic E-state index is 13.5. The zero-order chi connectivity index (χ0) is 25.4. The van der Waals surface area contributed by atoms with Gasteiger partial charge in [0.15, 0.2) is 0 Å². The Bertz CT molecular complexity index is 1390. The summed E-state index contributed by atoms with van der Waals surface area (Å²) in [7, 11) is 0. The number of likely N-dealkylation sites (tertiary alicyclic amines) is 1. The Labute approximate surface area is 217 Å². The molecule has 8 nitrogen and oxygen atoms in total. The highest BCUT2D eigenvalue weighted by Gasteiger charge is 2.33. The molecule has 4 aromatic rings. The molecule has 37 heavy (non-hydrogen) atoms. The fourth-order valence-corrected chi connectivity index (χ4v) is 5.80. The smallest absolute Gasteiger partial charge is 0.227 e. The molecule has 0 bridgehead atoms. The molecule has 2 aliphatic rings. The van der Waals surface area contributed by atoms with Crippen LogP contribution in [0.25, 0.3) is 21.9 Å². The number of anilines is 1. The summed E-state index contributed by atoms with van der Waals surface area (Å²) >= 11 is 0. The van der Waals surface area contributed by atoms with Crippen molar-refractivity contribution >= 4 is 33.8 Å². The fourth-order valence-electron chi connectivity index (χ4n) is 5.80. The van der Waals surface area contributed by atoms with Gasteiger partial charge in [-0.15, -0.1) is 0 Å². The summed E-state index contributed by atoms with van der Waals surface area (Å²) in [4.78, 5) is 35.7. The third-order valence-electron chi connectivity index (χ3n) is 7.81. The van der Waals surface area contributed by atoms with Crippen molar-refractivity contribution in [3.05, 3.63) is 54.0 Å². The van der Waals surface area contributed by atoms with Crippen LogP contribution >= 0.6 is 0 Å². The van der Waals surface area contributed by atoms with Gasteiger partial charge in [-0.3, -0.25) is 4.79 Å². The molecule has 0 spiro atoms. The monoisotopic (exact) mass is 498 g/mol. The first-order valence-electron chi connectivity index (χ1n) is 13.5. The number of rotatable bonds is 5. The quantitative estimate of drug-likeness (QED) is 0.424. The number of amides is 1. The van der Waals surface area contributed by atoms with Crippen molar-refractivity contribution in [3.63, 3.8) is 0 Å². The van der Waals surface area contributed by atoms with E-state index in [4.69, 9.17) is 19.7 Å². The number of aromatic nitrogens is 4. The van der Waals surface area contributed by atoms with Crippen molar-refractivity contribution in [1.82, 2.24) is 24.8 Å². The van der Waals surface area contributed by atoms with E-state index in [2.05, 4.69) is 20.9 Å². The molecule has 1 N–H and O–H groups in total. The highest BCUT2D eigenvalue weighted by molar-refractivity contribution is 5.84. The van der Waals surface area contributed by atoms with Gasteiger partial charge in [-0.1, -0.05) is 12.1 Å². The second-order valence-corrected chi connectivity index (χ2v) is 10.2. The van der Waals surface area contributed by atoms with Crippen LogP contribution in [0, 0.1) is 12.8 Å². The highest BCUT2D eigenvalue weighted by atomic mass is 16.5. The largest absolute Gasteiger partial charge is 0.494 e. The number of hydrogen-bond acceptors (Lipinski definition) is 6. The molecule has 0 radical (unpaired) electrons. The predicted molar refractivity (Wildman–Crippen MR) is 145 cm³/mol. The Kier molecular flexibility index (Phi) is 6.40. The first kappa shape index (κ1) is 23.7. The van der Waals surface area contributed by atoms with Crippen LogP contribution in [0.3, 0.4) is 0 Å². The van der Waals surface area contributed by atoms with Gasteiger partial charge in [-0.05, 0) is 69.9 Å². The number of aryl methyl sites for hydroxylation is 1. The van der Waals surface area contributed by atoms with E-state index in [0.717, 1.165) is 90.5 Å². The number of nitrogens with one attached hydrogen (secondary N) is 1. The number of ether oxygens (including phenoxy) is 1. The Morgan fingerprint density at radius 2 is 1.86 bits per heavy atom. The van der Waals surface area contributed by atoms with Crippen LogP contribution in [0.5, 0.6) is 5.75 Å². The van der Waals surface area contributed by atoms with Crippen molar-refractivity contribution in [3.8, 4) is 5.75 Å². The number of piperidine rings is 2. The van der Waals surface area contributed by atoms with E-state index < -0.39 is 0 Å². The average molecular weight is 499 g/mol. The Hall–Kier alpha value is -3.68. The number of hydrogen-bond donors (Lipinski definition) is 1. The summed E-state index contributed by atoms with van der Waals surface area (Å²) in [6.45, 7) is 7.74. The number of H-pyrrole nitrogens is 1. The minimum Gasteiger partial charge on any atom is -0.494 e. The number of nitrogens with zero attached hydrogens (tertiary/aromatic N) is 5. The third-order valence-corrected chi connectivity index (χ3v) is 7.81. The molecule has 2 fully saturated rings. The minimum absolute atomic E-state index is 0.0172. The Morgan fingerprint density at radius 1 is 1.03 bits per heavy atom. The van der Waals surface area contributed by atoms with Crippen LogP contribution < -0.4 is 9.64 Å². The van der Waals surface area contributed by atoms with Gasteiger partial charge in [0, 0.05) is 37.5 Å². The van der Waals surface area contributed by atoms with E-state index in [9.17, 15) is 4.79 Å². The second kappa shape index (κ2) is 10.00. The molecule has 8 heteroatoms. The van der Waals surface area contributed by atoms with Crippen LogP contribution in [-0.2, 0) is 4.79 Å². The number of carbonyl (C=O) groups excluding carboxylic acids is 1. The molecule has 6 rings (SSSR count). The summed E-state index contributed by atoms with van der Waals surface area (Å²) in [5, 5.41) is 1.01. The van der Waals surface area contributed by atoms with Crippen LogP contribution in [-0.4, -0.2) is 63.5 Å². The van der Waals surface area contributed by atoms with Gasteiger partial charge in [0.2, 0.25) is 11.9 Å². The van der Waals surface area contributed by atoms with Gasteiger partial charge in [0.1, 0.15) is 11.6 Å². The topological polar surface area (TPSA) is 87.2 Å². The van der Waals surface area contributed by atoms with Gasteiger partial charge in [0.25, 0.3) is 0 Å². The number of aromatic amines is 1. The first-order chi connectivity index (χ1) is 18.1. The van der Waals surface area contributed by atoms with E-state index in [1.54, 1.807) is 0 Å². The number of para-hydroxylation sites is 2. The van der Waals surface area contributed by atoms with Crippen molar-refractivity contribution in [2.75, 3.05) is 37.7 Å². The number of carbonyl (C=O) groups is 1. The summed E-state index contributed by atoms with van der Waals surface area (Å²) in [6, 6.07) is 14.1. The SMILES string of the molecule is CCOc1ccc2nc(N3CCC[C@@H](C(=O)N4CCC(c5nc6ccccc6[nH]5)CC4)C3)nc(C)c2c1. The molecule has 2 aromatic carbocycles. The molecule has 192 valence electrons. The molecule has 2 aliphatic heterocycles. The lowest BCUT2D eigenvalue weighted by Crippen LogP contribution is -2.47. The molecule has 1 amide bonds. The van der Waals surface area contributed by atoms with Crippen LogP contribution in [0.2, 0.25) is 0 Å². The molecule has 2 saturated heterocycles. The van der Waals surface area contributed by atoms with Gasteiger partial charge in [-0.2, -0.15) is 0 Å². The molecule has 1 atom stereocenters. The van der Waals surface area contributed by atoms with E-state index >= 15 is 0 Å². The molecule has 4 heterocycles. The highest BCUT2D eigenvalue weighted by Crippen LogP contribution is 2.31. The average Bonchev–Trinajstić information content (AvgIpc) is 3.38. The lowest BCUT2D eigenvalue weighted by atomic mass is 9.92. The molecule has 2 aromatic heterocycles.